The zero-order valence-corrected chi connectivity index (χ0v) is 17.4. The Morgan fingerprint density at radius 1 is 1.14 bits per heavy atom. The van der Waals surface area contributed by atoms with Gasteiger partial charge in [-0.2, -0.15) is 9.40 Å². The summed E-state index contributed by atoms with van der Waals surface area (Å²) in [5.74, 6) is 0.544. The number of fused-ring (bicyclic) bond motifs is 1. The summed E-state index contributed by atoms with van der Waals surface area (Å²) in [5, 5.41) is 7.77. The normalized spacial score (nSPS) is 14.6. The number of hydrogen-bond acceptors (Lipinski definition) is 6. The molecule has 0 amide bonds. The van der Waals surface area contributed by atoms with Gasteiger partial charge in [-0.15, -0.1) is 0 Å². The van der Waals surface area contributed by atoms with E-state index in [0.29, 0.717) is 36.9 Å². The smallest absolute Gasteiger partial charge is 0.243 e. The quantitative estimate of drug-likeness (QED) is 0.667. The molecule has 1 aliphatic heterocycles. The molecule has 2 aromatic heterocycles. The van der Waals surface area contributed by atoms with Crippen molar-refractivity contribution in [2.75, 3.05) is 11.9 Å². The van der Waals surface area contributed by atoms with Crippen LogP contribution >= 0.6 is 0 Å². The number of rotatable bonds is 6. The number of nitrogens with one attached hydrogen (secondary N) is 1. The van der Waals surface area contributed by atoms with Crippen LogP contribution in [-0.4, -0.2) is 39.0 Å². The van der Waals surface area contributed by atoms with Gasteiger partial charge >= 0.3 is 0 Å². The summed E-state index contributed by atoms with van der Waals surface area (Å²) >= 11 is 0. The monoisotopic (exact) mass is 412 g/mol. The Morgan fingerprint density at radius 3 is 2.55 bits per heavy atom. The third kappa shape index (κ3) is 3.88. The molecular formula is C20H24N6O2S. The highest BCUT2D eigenvalue weighted by Gasteiger charge is 2.31. The lowest BCUT2D eigenvalue weighted by Crippen LogP contribution is -2.36. The Hall–Kier alpha value is -2.78. The Bertz CT molecular complexity index is 1090. The van der Waals surface area contributed by atoms with E-state index in [2.05, 4.69) is 27.3 Å². The Morgan fingerprint density at radius 2 is 1.86 bits per heavy atom. The molecule has 0 aliphatic carbocycles. The van der Waals surface area contributed by atoms with Gasteiger partial charge in [0, 0.05) is 31.5 Å². The van der Waals surface area contributed by atoms with Gasteiger partial charge in [0.2, 0.25) is 16.0 Å². The lowest BCUT2D eigenvalue weighted by atomic mass is 10.1. The average molecular weight is 413 g/mol. The Balaban J connectivity index is 1.53. The first kappa shape index (κ1) is 19.5. The van der Waals surface area contributed by atoms with Gasteiger partial charge < -0.3 is 5.32 Å². The third-order valence-electron chi connectivity index (χ3n) is 5.24. The van der Waals surface area contributed by atoms with Crippen LogP contribution in [0.25, 0.3) is 0 Å². The lowest BCUT2D eigenvalue weighted by Gasteiger charge is -2.27. The van der Waals surface area contributed by atoms with Crippen LogP contribution in [0.5, 0.6) is 0 Å². The highest BCUT2D eigenvalue weighted by atomic mass is 32.2. The first-order chi connectivity index (χ1) is 14.0. The molecule has 0 atom stereocenters. The molecule has 3 heterocycles. The highest BCUT2D eigenvalue weighted by Crippen LogP contribution is 2.27. The minimum absolute atomic E-state index is 0.318. The summed E-state index contributed by atoms with van der Waals surface area (Å²) in [5.41, 5.74) is 4.05. The van der Waals surface area contributed by atoms with Gasteiger partial charge in [0.1, 0.15) is 0 Å². The molecule has 0 fully saturated rings. The van der Waals surface area contributed by atoms with Gasteiger partial charge in [0.15, 0.2) is 0 Å². The number of nitrogens with zero attached hydrogens (tertiary/aromatic N) is 5. The predicted octanol–water partition coefficient (Wildman–Crippen LogP) is 2.13. The summed E-state index contributed by atoms with van der Waals surface area (Å²) in [6.07, 6.45) is 4.87. The van der Waals surface area contributed by atoms with E-state index in [-0.39, 0.29) is 0 Å². The Kier molecular flexibility index (Phi) is 5.33. The van der Waals surface area contributed by atoms with Crippen LogP contribution < -0.4 is 5.32 Å². The van der Waals surface area contributed by atoms with Crippen LogP contribution in [0, 0.1) is 0 Å². The predicted molar refractivity (Wildman–Crippen MR) is 110 cm³/mol. The SMILES string of the molecule is CCc1ccc(S(=O)(=O)N2CCc3c(CNc4ncccn4)nn(C)c3C2)cc1. The van der Waals surface area contributed by atoms with Crippen LogP contribution in [0.15, 0.2) is 47.6 Å². The van der Waals surface area contributed by atoms with Crippen molar-refractivity contribution >= 4 is 16.0 Å². The summed E-state index contributed by atoms with van der Waals surface area (Å²) in [6, 6.07) is 8.91. The molecule has 4 rings (SSSR count). The number of sulfonamides is 1. The van der Waals surface area contributed by atoms with Crippen molar-refractivity contribution in [1.82, 2.24) is 24.1 Å². The van der Waals surface area contributed by atoms with E-state index in [9.17, 15) is 8.42 Å². The second-order valence-electron chi connectivity index (χ2n) is 7.01. The maximum Gasteiger partial charge on any atom is 0.243 e. The van der Waals surface area contributed by atoms with Crippen LogP contribution in [-0.2, 0) is 43.0 Å². The molecule has 0 saturated heterocycles. The zero-order valence-electron chi connectivity index (χ0n) is 16.5. The maximum absolute atomic E-state index is 13.1. The minimum atomic E-state index is -3.54. The van der Waals surface area contributed by atoms with Crippen molar-refractivity contribution in [3.05, 3.63) is 65.2 Å². The molecule has 152 valence electrons. The molecule has 1 aliphatic rings. The number of benzene rings is 1. The molecule has 0 unspecified atom stereocenters. The first-order valence-corrected chi connectivity index (χ1v) is 11.1. The van der Waals surface area contributed by atoms with Crippen LogP contribution in [0.2, 0.25) is 0 Å². The van der Waals surface area contributed by atoms with E-state index in [4.69, 9.17) is 0 Å². The van der Waals surface area contributed by atoms with Gasteiger partial charge in [-0.05, 0) is 36.6 Å². The van der Waals surface area contributed by atoms with Crippen molar-refractivity contribution in [3.8, 4) is 0 Å². The van der Waals surface area contributed by atoms with Gasteiger partial charge in [-0.25, -0.2) is 18.4 Å². The van der Waals surface area contributed by atoms with E-state index in [1.165, 1.54) is 4.31 Å². The molecule has 1 aromatic carbocycles. The van der Waals surface area contributed by atoms with E-state index < -0.39 is 10.0 Å². The van der Waals surface area contributed by atoms with Gasteiger partial charge in [0.05, 0.1) is 29.4 Å². The number of hydrogen-bond donors (Lipinski definition) is 1. The Labute approximate surface area is 170 Å². The fourth-order valence-electron chi connectivity index (χ4n) is 3.58. The van der Waals surface area contributed by atoms with Crippen molar-refractivity contribution in [1.29, 1.82) is 0 Å². The molecule has 8 nitrogen and oxygen atoms in total. The van der Waals surface area contributed by atoms with Gasteiger partial charge in [-0.3, -0.25) is 4.68 Å². The first-order valence-electron chi connectivity index (χ1n) is 9.62. The highest BCUT2D eigenvalue weighted by molar-refractivity contribution is 7.89. The molecule has 3 aromatic rings. The van der Waals surface area contributed by atoms with Crippen molar-refractivity contribution in [2.24, 2.45) is 7.05 Å². The van der Waals surface area contributed by atoms with Crippen molar-refractivity contribution < 1.29 is 8.42 Å². The average Bonchev–Trinajstić information content (AvgIpc) is 3.08. The second kappa shape index (κ2) is 7.92. The van der Waals surface area contributed by atoms with E-state index in [1.807, 2.05) is 19.2 Å². The third-order valence-corrected chi connectivity index (χ3v) is 7.10. The fraction of sp³-hybridized carbons (Fsp3) is 0.350. The summed E-state index contributed by atoms with van der Waals surface area (Å²) < 4.78 is 29.5. The van der Waals surface area contributed by atoms with Gasteiger partial charge in [0.25, 0.3) is 0 Å². The molecule has 0 radical (unpaired) electrons. The molecule has 1 N–H and O–H groups in total. The molecule has 9 heteroatoms. The van der Waals surface area contributed by atoms with Crippen LogP contribution in [0.1, 0.15) is 29.4 Å². The van der Waals surface area contributed by atoms with Gasteiger partial charge in [-0.1, -0.05) is 19.1 Å². The standard InChI is InChI=1S/C20H24N6O2S/c1-3-15-5-7-16(8-6-15)29(27,28)26-12-9-17-18(24-25(2)19(17)14-26)13-23-20-21-10-4-11-22-20/h4-8,10-11H,3,9,12-14H2,1-2H3,(H,21,22,23). The van der Waals surface area contributed by atoms with Crippen LogP contribution in [0.4, 0.5) is 5.95 Å². The van der Waals surface area contributed by atoms with E-state index >= 15 is 0 Å². The summed E-state index contributed by atoms with van der Waals surface area (Å²) in [7, 11) is -1.68. The topological polar surface area (TPSA) is 93.0 Å². The molecule has 29 heavy (non-hydrogen) atoms. The van der Waals surface area contributed by atoms with Crippen LogP contribution in [0.3, 0.4) is 0 Å². The maximum atomic E-state index is 13.1. The largest absolute Gasteiger partial charge is 0.348 e. The number of aryl methyl sites for hydroxylation is 2. The molecule has 0 bridgehead atoms. The summed E-state index contributed by atoms with van der Waals surface area (Å²) in [6.45, 7) is 3.30. The van der Waals surface area contributed by atoms with E-state index in [1.54, 1.807) is 35.3 Å². The molecular weight excluding hydrogens is 388 g/mol. The molecule has 0 spiro atoms. The second-order valence-corrected chi connectivity index (χ2v) is 8.95. The van der Waals surface area contributed by atoms with Crippen molar-refractivity contribution in [2.45, 2.75) is 37.8 Å². The zero-order chi connectivity index (χ0) is 20.4. The minimum Gasteiger partial charge on any atom is -0.348 e. The van der Waals surface area contributed by atoms with Crippen molar-refractivity contribution in [3.63, 3.8) is 0 Å². The fourth-order valence-corrected chi connectivity index (χ4v) is 4.98. The molecule has 0 saturated carbocycles. The number of anilines is 1. The lowest BCUT2D eigenvalue weighted by molar-refractivity contribution is 0.379. The number of aromatic nitrogens is 4. The van der Waals surface area contributed by atoms with E-state index in [0.717, 1.165) is 28.9 Å². The summed E-state index contributed by atoms with van der Waals surface area (Å²) in [4.78, 5) is 8.65.